The third-order valence-corrected chi connectivity index (χ3v) is 1.03. The van der Waals surface area contributed by atoms with Crippen LogP contribution >= 0.6 is 0 Å². The van der Waals surface area contributed by atoms with Crippen molar-refractivity contribution in [2.45, 2.75) is 19.8 Å². The molecular weight excluding hydrogens is 133 g/mol. The van der Waals surface area contributed by atoms with E-state index in [-0.39, 0.29) is 6.29 Å². The highest BCUT2D eigenvalue weighted by Crippen LogP contribution is 1.87. The molecule has 0 aromatic heterocycles. The summed E-state index contributed by atoms with van der Waals surface area (Å²) < 4.78 is 12.0. The summed E-state index contributed by atoms with van der Waals surface area (Å²) in [6.45, 7) is 2.76. The zero-order valence-corrected chi connectivity index (χ0v) is 6.06. The molecule has 0 spiro atoms. The SMILES string of the molecule is CCCCN/C=C(\F)C=O. The molecule has 0 saturated heterocycles. The molecule has 1 N–H and O–H groups in total. The van der Waals surface area contributed by atoms with Gasteiger partial charge < -0.3 is 5.32 Å². The van der Waals surface area contributed by atoms with Crippen LogP contribution in [0.15, 0.2) is 12.0 Å². The van der Waals surface area contributed by atoms with Crippen LogP contribution < -0.4 is 5.32 Å². The van der Waals surface area contributed by atoms with Gasteiger partial charge >= 0.3 is 0 Å². The predicted molar refractivity (Wildman–Crippen MR) is 38.2 cm³/mol. The first kappa shape index (κ1) is 9.14. The van der Waals surface area contributed by atoms with Crippen LogP contribution in [0.2, 0.25) is 0 Å². The van der Waals surface area contributed by atoms with Crippen molar-refractivity contribution in [1.82, 2.24) is 5.32 Å². The van der Waals surface area contributed by atoms with Gasteiger partial charge in [-0.3, -0.25) is 4.79 Å². The fourth-order valence-electron chi connectivity index (χ4n) is 0.483. The number of hydrogen-bond donors (Lipinski definition) is 1. The molecule has 0 radical (unpaired) electrons. The number of hydrogen-bond acceptors (Lipinski definition) is 2. The number of unbranched alkanes of at least 4 members (excludes halogenated alkanes) is 1. The summed E-state index contributed by atoms with van der Waals surface area (Å²) in [5.74, 6) is -0.754. The molecule has 0 bridgehead atoms. The van der Waals surface area contributed by atoms with Crippen LogP contribution in [0.5, 0.6) is 0 Å². The van der Waals surface area contributed by atoms with E-state index in [0.29, 0.717) is 0 Å². The average Bonchev–Trinajstić information content (AvgIpc) is 1.98. The topological polar surface area (TPSA) is 29.1 Å². The maximum atomic E-state index is 12.0. The van der Waals surface area contributed by atoms with E-state index >= 15 is 0 Å². The lowest BCUT2D eigenvalue weighted by atomic mass is 10.3. The van der Waals surface area contributed by atoms with Gasteiger partial charge in [-0.2, -0.15) is 0 Å². The number of halogens is 1. The van der Waals surface area contributed by atoms with Gasteiger partial charge in [-0.15, -0.1) is 0 Å². The summed E-state index contributed by atoms with van der Waals surface area (Å²) in [5.41, 5.74) is 0. The molecule has 0 aliphatic carbocycles. The van der Waals surface area contributed by atoms with Gasteiger partial charge in [0.1, 0.15) is 0 Å². The molecule has 0 aliphatic rings. The Hall–Kier alpha value is -0.860. The fourth-order valence-corrected chi connectivity index (χ4v) is 0.483. The van der Waals surface area contributed by atoms with Crippen LogP contribution in [0.1, 0.15) is 19.8 Å². The number of allylic oxidation sites excluding steroid dienone is 1. The van der Waals surface area contributed by atoms with E-state index in [1.54, 1.807) is 0 Å². The highest BCUT2D eigenvalue weighted by molar-refractivity contribution is 5.69. The maximum absolute atomic E-state index is 12.0. The standard InChI is InChI=1S/C7H12FNO/c1-2-3-4-9-5-7(8)6-10/h5-6,9H,2-4H2,1H3/b7-5-. The largest absolute Gasteiger partial charge is 0.388 e. The molecule has 0 fully saturated rings. The maximum Gasteiger partial charge on any atom is 0.179 e. The van der Waals surface area contributed by atoms with E-state index in [1.165, 1.54) is 0 Å². The molecule has 0 saturated carbocycles. The van der Waals surface area contributed by atoms with Crippen LogP contribution in [0.25, 0.3) is 0 Å². The predicted octanol–water partition coefficient (Wildman–Crippen LogP) is 1.39. The molecule has 0 aliphatic heterocycles. The number of aldehydes is 1. The molecule has 0 amide bonds. The number of carbonyl (C=O) groups is 1. The molecule has 0 aromatic rings. The molecule has 0 aromatic carbocycles. The van der Waals surface area contributed by atoms with Gasteiger partial charge in [0.25, 0.3) is 0 Å². The first-order chi connectivity index (χ1) is 4.81. The van der Waals surface area contributed by atoms with Gasteiger partial charge in [-0.25, -0.2) is 4.39 Å². The Balaban J connectivity index is 3.24. The van der Waals surface area contributed by atoms with Crippen molar-refractivity contribution in [3.63, 3.8) is 0 Å². The van der Waals surface area contributed by atoms with Crippen molar-refractivity contribution in [2.24, 2.45) is 0 Å². The molecule has 3 heteroatoms. The zero-order valence-electron chi connectivity index (χ0n) is 6.06. The molecular formula is C7H12FNO. The Labute approximate surface area is 60.1 Å². The van der Waals surface area contributed by atoms with Crippen LogP contribution in [-0.2, 0) is 4.79 Å². The Bertz CT molecular complexity index is 123. The lowest BCUT2D eigenvalue weighted by Crippen LogP contribution is -2.07. The summed E-state index contributed by atoms with van der Waals surface area (Å²) in [6, 6.07) is 0. The molecule has 2 nitrogen and oxygen atoms in total. The van der Waals surface area contributed by atoms with Crippen molar-refractivity contribution in [3.05, 3.63) is 12.0 Å². The normalized spacial score (nSPS) is 11.2. The Morgan fingerprint density at radius 2 is 2.40 bits per heavy atom. The van der Waals surface area contributed by atoms with Gasteiger partial charge in [-0.1, -0.05) is 13.3 Å². The van der Waals surface area contributed by atoms with E-state index in [0.717, 1.165) is 25.6 Å². The monoisotopic (exact) mass is 145 g/mol. The van der Waals surface area contributed by atoms with E-state index < -0.39 is 5.83 Å². The summed E-state index contributed by atoms with van der Waals surface area (Å²) in [7, 11) is 0. The Morgan fingerprint density at radius 1 is 1.70 bits per heavy atom. The van der Waals surface area contributed by atoms with Crippen molar-refractivity contribution >= 4 is 6.29 Å². The van der Waals surface area contributed by atoms with Crippen LogP contribution in [0, 0.1) is 0 Å². The van der Waals surface area contributed by atoms with E-state index in [9.17, 15) is 9.18 Å². The summed E-state index contributed by atoms with van der Waals surface area (Å²) in [5, 5.41) is 2.67. The van der Waals surface area contributed by atoms with Gasteiger partial charge in [0.2, 0.25) is 0 Å². The van der Waals surface area contributed by atoms with E-state index in [1.807, 2.05) is 6.92 Å². The molecule has 10 heavy (non-hydrogen) atoms. The highest BCUT2D eigenvalue weighted by atomic mass is 19.1. The summed E-state index contributed by atoms with van der Waals surface area (Å²) >= 11 is 0. The zero-order chi connectivity index (χ0) is 7.82. The third-order valence-electron chi connectivity index (χ3n) is 1.03. The van der Waals surface area contributed by atoms with Crippen molar-refractivity contribution < 1.29 is 9.18 Å². The van der Waals surface area contributed by atoms with E-state index in [4.69, 9.17) is 0 Å². The lowest BCUT2D eigenvalue weighted by Gasteiger charge is -1.95. The second-order valence-corrected chi connectivity index (χ2v) is 1.95. The first-order valence-corrected chi connectivity index (χ1v) is 3.35. The van der Waals surface area contributed by atoms with Gasteiger partial charge in [0.15, 0.2) is 12.1 Å². The van der Waals surface area contributed by atoms with Gasteiger partial charge in [-0.05, 0) is 6.42 Å². The second-order valence-electron chi connectivity index (χ2n) is 1.95. The molecule has 58 valence electrons. The summed E-state index contributed by atoms with van der Waals surface area (Å²) in [4.78, 5) is 9.69. The van der Waals surface area contributed by atoms with E-state index in [2.05, 4.69) is 5.32 Å². The number of nitrogens with one attached hydrogen (secondary N) is 1. The minimum atomic E-state index is -0.754. The number of rotatable bonds is 5. The molecule has 0 unspecified atom stereocenters. The van der Waals surface area contributed by atoms with Gasteiger partial charge in [0, 0.05) is 12.7 Å². The first-order valence-electron chi connectivity index (χ1n) is 3.35. The van der Waals surface area contributed by atoms with Crippen molar-refractivity contribution in [2.75, 3.05) is 6.54 Å². The number of carbonyl (C=O) groups excluding carboxylic acids is 1. The lowest BCUT2D eigenvalue weighted by molar-refractivity contribution is -0.106. The molecule has 0 atom stereocenters. The van der Waals surface area contributed by atoms with Gasteiger partial charge in [0.05, 0.1) is 0 Å². The quantitative estimate of drug-likeness (QED) is 0.360. The highest BCUT2D eigenvalue weighted by Gasteiger charge is 1.86. The molecule has 0 heterocycles. The Morgan fingerprint density at radius 3 is 2.90 bits per heavy atom. The van der Waals surface area contributed by atoms with Crippen molar-refractivity contribution in [1.29, 1.82) is 0 Å². The average molecular weight is 145 g/mol. The minimum Gasteiger partial charge on any atom is -0.388 e. The second kappa shape index (κ2) is 6.26. The minimum absolute atomic E-state index is 0.180. The third kappa shape index (κ3) is 5.28. The van der Waals surface area contributed by atoms with Crippen LogP contribution in [0.3, 0.4) is 0 Å². The smallest absolute Gasteiger partial charge is 0.179 e. The van der Waals surface area contributed by atoms with Crippen molar-refractivity contribution in [3.8, 4) is 0 Å². The summed E-state index contributed by atoms with van der Waals surface area (Å²) in [6.07, 6.45) is 3.31. The Kier molecular flexibility index (Phi) is 5.72. The molecule has 0 rings (SSSR count). The fraction of sp³-hybridized carbons (Fsp3) is 0.571. The van der Waals surface area contributed by atoms with Crippen LogP contribution in [-0.4, -0.2) is 12.8 Å². The van der Waals surface area contributed by atoms with Crippen LogP contribution in [0.4, 0.5) is 4.39 Å².